The Morgan fingerprint density at radius 3 is 2.42 bits per heavy atom. The van der Waals surface area contributed by atoms with E-state index in [9.17, 15) is 8.78 Å². The zero-order valence-corrected chi connectivity index (χ0v) is 10.6. The Bertz CT molecular complexity index is 604. The van der Waals surface area contributed by atoms with E-state index in [2.05, 4.69) is 5.43 Å². The van der Waals surface area contributed by atoms with E-state index in [-0.39, 0.29) is 10.6 Å². The second-order valence-corrected chi connectivity index (χ2v) is 4.39. The summed E-state index contributed by atoms with van der Waals surface area (Å²) in [6.45, 7) is 0. The summed E-state index contributed by atoms with van der Waals surface area (Å²) in [6, 6.07) is 8.17. The second-order valence-electron chi connectivity index (χ2n) is 3.99. The molecule has 0 amide bonds. The van der Waals surface area contributed by atoms with Crippen LogP contribution in [-0.2, 0) is 0 Å². The fraction of sp³-hybridized carbons (Fsp3) is 0.0769. The molecular formula is C13H12ClF2N3. The van der Waals surface area contributed by atoms with Crippen molar-refractivity contribution in [1.82, 2.24) is 5.43 Å². The Balaban J connectivity index is 2.61. The predicted octanol–water partition coefficient (Wildman–Crippen LogP) is 2.75. The van der Waals surface area contributed by atoms with Crippen LogP contribution in [0.25, 0.3) is 0 Å². The summed E-state index contributed by atoms with van der Waals surface area (Å²) in [5, 5.41) is 0.0742. The van der Waals surface area contributed by atoms with Crippen molar-refractivity contribution in [2.24, 2.45) is 5.84 Å². The predicted molar refractivity (Wildman–Crippen MR) is 71.4 cm³/mol. The average molecular weight is 284 g/mol. The fourth-order valence-corrected chi connectivity index (χ4v) is 2.16. The molecule has 1 unspecified atom stereocenters. The van der Waals surface area contributed by atoms with Gasteiger partial charge in [0.05, 0.1) is 6.04 Å². The number of nitrogens with one attached hydrogen (secondary N) is 1. The van der Waals surface area contributed by atoms with Gasteiger partial charge in [0.1, 0.15) is 0 Å². The molecule has 2 rings (SSSR count). The molecule has 1 atom stereocenters. The Hall–Kier alpha value is -1.69. The first kappa shape index (κ1) is 13.7. The number of nitrogens with two attached hydrogens (primary N) is 2. The van der Waals surface area contributed by atoms with Gasteiger partial charge in [0.15, 0.2) is 11.6 Å². The fourth-order valence-electron chi connectivity index (χ4n) is 1.91. The number of hydrogen-bond donors (Lipinski definition) is 3. The summed E-state index contributed by atoms with van der Waals surface area (Å²) in [7, 11) is 0. The highest BCUT2D eigenvalue weighted by Crippen LogP contribution is 2.33. The van der Waals surface area contributed by atoms with Gasteiger partial charge in [-0.15, -0.1) is 0 Å². The maximum Gasteiger partial charge on any atom is 0.165 e. The van der Waals surface area contributed by atoms with Crippen LogP contribution in [0, 0.1) is 11.6 Å². The highest BCUT2D eigenvalue weighted by atomic mass is 35.5. The zero-order chi connectivity index (χ0) is 14.0. The third kappa shape index (κ3) is 2.53. The van der Waals surface area contributed by atoms with Crippen molar-refractivity contribution in [3.63, 3.8) is 0 Å². The topological polar surface area (TPSA) is 64.1 Å². The molecule has 0 bridgehead atoms. The van der Waals surface area contributed by atoms with Crippen molar-refractivity contribution in [3.8, 4) is 0 Å². The van der Waals surface area contributed by atoms with Gasteiger partial charge < -0.3 is 5.73 Å². The molecule has 19 heavy (non-hydrogen) atoms. The molecule has 0 aliphatic rings. The summed E-state index contributed by atoms with van der Waals surface area (Å²) in [6.07, 6.45) is 0. The molecular weight excluding hydrogens is 272 g/mol. The summed E-state index contributed by atoms with van der Waals surface area (Å²) in [5.41, 5.74) is 9.10. The van der Waals surface area contributed by atoms with Crippen LogP contribution in [0.3, 0.4) is 0 Å². The zero-order valence-electron chi connectivity index (χ0n) is 9.83. The lowest BCUT2D eigenvalue weighted by atomic mass is 9.97. The maximum atomic E-state index is 13.9. The quantitative estimate of drug-likeness (QED) is 0.351. The lowest BCUT2D eigenvalue weighted by molar-refractivity contribution is 0.483. The van der Waals surface area contributed by atoms with Crippen molar-refractivity contribution in [2.45, 2.75) is 6.04 Å². The normalized spacial score (nSPS) is 12.4. The van der Waals surface area contributed by atoms with Crippen LogP contribution in [0.2, 0.25) is 5.02 Å². The average Bonchev–Trinajstić information content (AvgIpc) is 2.40. The Morgan fingerprint density at radius 1 is 1.11 bits per heavy atom. The highest BCUT2D eigenvalue weighted by molar-refractivity contribution is 6.31. The standard InChI is InChI=1S/C13H12ClF2N3/c14-8-5-6-9(15)12(16)11(8)13(19-18)7-3-1-2-4-10(7)17/h1-6,13,19H,17-18H2. The molecule has 6 heteroatoms. The molecule has 0 saturated carbocycles. The molecule has 0 aromatic heterocycles. The molecule has 2 aromatic carbocycles. The van der Waals surface area contributed by atoms with E-state index in [1.807, 2.05) is 0 Å². The van der Waals surface area contributed by atoms with Crippen molar-refractivity contribution in [2.75, 3.05) is 5.73 Å². The molecule has 0 spiro atoms. The first-order valence-corrected chi connectivity index (χ1v) is 5.88. The minimum absolute atomic E-state index is 0.0675. The van der Waals surface area contributed by atoms with Gasteiger partial charge in [0.2, 0.25) is 0 Å². The van der Waals surface area contributed by atoms with Crippen LogP contribution in [0.1, 0.15) is 17.2 Å². The van der Waals surface area contributed by atoms with Crippen LogP contribution in [0.15, 0.2) is 36.4 Å². The van der Waals surface area contributed by atoms with Crippen molar-refractivity contribution >= 4 is 17.3 Å². The van der Waals surface area contributed by atoms with Crippen LogP contribution in [-0.4, -0.2) is 0 Å². The van der Waals surface area contributed by atoms with Gasteiger partial charge in [-0.1, -0.05) is 29.8 Å². The van der Waals surface area contributed by atoms with Crippen molar-refractivity contribution in [1.29, 1.82) is 0 Å². The lowest BCUT2D eigenvalue weighted by Gasteiger charge is -2.20. The number of nitrogen functional groups attached to an aromatic ring is 1. The number of anilines is 1. The summed E-state index contributed by atoms with van der Waals surface area (Å²) in [4.78, 5) is 0. The van der Waals surface area contributed by atoms with E-state index in [1.165, 1.54) is 6.07 Å². The SMILES string of the molecule is NNC(c1ccccc1N)c1c(Cl)ccc(F)c1F. The van der Waals surface area contributed by atoms with E-state index < -0.39 is 17.7 Å². The lowest BCUT2D eigenvalue weighted by Crippen LogP contribution is -2.30. The molecule has 5 N–H and O–H groups in total. The number of para-hydroxylation sites is 1. The Labute approximate surface area is 114 Å². The maximum absolute atomic E-state index is 13.9. The van der Waals surface area contributed by atoms with E-state index in [0.717, 1.165) is 6.07 Å². The minimum atomic E-state index is -1.04. The Kier molecular flexibility index (Phi) is 3.99. The molecule has 2 aromatic rings. The number of rotatable bonds is 3. The molecule has 0 radical (unpaired) electrons. The van der Waals surface area contributed by atoms with Crippen LogP contribution < -0.4 is 17.0 Å². The van der Waals surface area contributed by atoms with Gasteiger partial charge in [0, 0.05) is 16.3 Å². The smallest absolute Gasteiger partial charge is 0.165 e. The first-order chi connectivity index (χ1) is 9.06. The van der Waals surface area contributed by atoms with Gasteiger partial charge >= 0.3 is 0 Å². The molecule has 0 aliphatic heterocycles. The minimum Gasteiger partial charge on any atom is -0.398 e. The summed E-state index contributed by atoms with van der Waals surface area (Å²) >= 11 is 5.93. The second kappa shape index (κ2) is 5.52. The largest absolute Gasteiger partial charge is 0.398 e. The molecule has 3 nitrogen and oxygen atoms in total. The first-order valence-electron chi connectivity index (χ1n) is 5.50. The van der Waals surface area contributed by atoms with Crippen molar-refractivity contribution in [3.05, 3.63) is 64.2 Å². The van der Waals surface area contributed by atoms with Crippen LogP contribution in [0.5, 0.6) is 0 Å². The monoisotopic (exact) mass is 283 g/mol. The molecule has 0 heterocycles. The molecule has 0 fully saturated rings. The van der Waals surface area contributed by atoms with Gasteiger partial charge in [-0.05, 0) is 23.8 Å². The third-order valence-corrected chi connectivity index (χ3v) is 3.17. The van der Waals surface area contributed by atoms with E-state index in [1.54, 1.807) is 24.3 Å². The Morgan fingerprint density at radius 2 is 1.79 bits per heavy atom. The van der Waals surface area contributed by atoms with Gasteiger partial charge in [-0.2, -0.15) is 0 Å². The van der Waals surface area contributed by atoms with Crippen LogP contribution >= 0.6 is 11.6 Å². The number of benzene rings is 2. The number of halogens is 3. The van der Waals surface area contributed by atoms with E-state index in [0.29, 0.717) is 11.3 Å². The van der Waals surface area contributed by atoms with Gasteiger partial charge in [-0.25, -0.2) is 14.2 Å². The third-order valence-electron chi connectivity index (χ3n) is 2.84. The number of hydrazine groups is 1. The summed E-state index contributed by atoms with van der Waals surface area (Å²) in [5.74, 6) is 3.41. The molecule has 0 aliphatic carbocycles. The van der Waals surface area contributed by atoms with Gasteiger partial charge in [-0.3, -0.25) is 5.84 Å². The summed E-state index contributed by atoms with van der Waals surface area (Å²) < 4.78 is 27.3. The molecule has 100 valence electrons. The molecule has 0 saturated heterocycles. The van der Waals surface area contributed by atoms with E-state index in [4.69, 9.17) is 23.2 Å². The van der Waals surface area contributed by atoms with E-state index >= 15 is 0 Å². The van der Waals surface area contributed by atoms with Crippen LogP contribution in [0.4, 0.5) is 14.5 Å². The van der Waals surface area contributed by atoms with Crippen molar-refractivity contribution < 1.29 is 8.78 Å². The number of hydrogen-bond acceptors (Lipinski definition) is 3. The van der Waals surface area contributed by atoms with Gasteiger partial charge in [0.25, 0.3) is 0 Å². The highest BCUT2D eigenvalue weighted by Gasteiger charge is 2.23.